The van der Waals surface area contributed by atoms with Gasteiger partial charge in [-0.1, -0.05) is 18.2 Å². The molecular formula is C15H18N2O3. The quantitative estimate of drug-likeness (QED) is 0.840. The van der Waals surface area contributed by atoms with E-state index >= 15 is 0 Å². The maximum atomic E-state index is 11.5. The van der Waals surface area contributed by atoms with Crippen LogP contribution in [0.1, 0.15) is 12.6 Å². The summed E-state index contributed by atoms with van der Waals surface area (Å²) >= 11 is 0. The Balaban J connectivity index is 2.25. The number of nitrogens with two attached hydrogens (primary N) is 1. The number of nitrogens with zero attached hydrogens (tertiary/aromatic N) is 1. The number of esters is 1. The molecule has 0 spiro atoms. The Labute approximate surface area is 117 Å². The summed E-state index contributed by atoms with van der Waals surface area (Å²) in [5, 5.41) is 0.984. The fourth-order valence-electron chi connectivity index (χ4n) is 2.00. The van der Waals surface area contributed by atoms with Gasteiger partial charge in [-0.2, -0.15) is 0 Å². The van der Waals surface area contributed by atoms with Crippen molar-refractivity contribution in [1.82, 2.24) is 4.98 Å². The van der Waals surface area contributed by atoms with Gasteiger partial charge in [-0.25, -0.2) is 4.98 Å². The van der Waals surface area contributed by atoms with E-state index in [0.29, 0.717) is 18.8 Å². The third-order valence-corrected chi connectivity index (χ3v) is 2.98. The van der Waals surface area contributed by atoms with Crippen molar-refractivity contribution in [1.29, 1.82) is 0 Å². The van der Waals surface area contributed by atoms with E-state index < -0.39 is 12.0 Å². The number of pyridine rings is 1. The molecule has 2 N–H and O–H groups in total. The first-order valence-electron chi connectivity index (χ1n) is 6.50. The van der Waals surface area contributed by atoms with Gasteiger partial charge in [-0.15, -0.1) is 0 Å². The highest BCUT2D eigenvalue weighted by Gasteiger charge is 2.16. The van der Waals surface area contributed by atoms with Crippen molar-refractivity contribution in [3.8, 4) is 5.75 Å². The van der Waals surface area contributed by atoms with E-state index in [4.69, 9.17) is 15.2 Å². The van der Waals surface area contributed by atoms with Crippen molar-refractivity contribution in [2.24, 2.45) is 5.73 Å². The van der Waals surface area contributed by atoms with Crippen LogP contribution in [0.25, 0.3) is 10.9 Å². The highest BCUT2D eigenvalue weighted by molar-refractivity contribution is 5.84. The highest BCUT2D eigenvalue weighted by atomic mass is 16.5. The molecule has 0 aliphatic carbocycles. The first-order valence-corrected chi connectivity index (χ1v) is 6.50. The third kappa shape index (κ3) is 3.05. The van der Waals surface area contributed by atoms with Crippen molar-refractivity contribution in [2.45, 2.75) is 19.4 Å². The Morgan fingerprint density at radius 2 is 2.15 bits per heavy atom. The lowest BCUT2D eigenvalue weighted by Crippen LogP contribution is -2.34. The normalized spacial score (nSPS) is 12.2. The molecule has 1 atom stereocenters. The van der Waals surface area contributed by atoms with Gasteiger partial charge in [0.2, 0.25) is 0 Å². The van der Waals surface area contributed by atoms with Gasteiger partial charge in [-0.3, -0.25) is 4.79 Å². The zero-order chi connectivity index (χ0) is 14.5. The Morgan fingerprint density at radius 3 is 2.85 bits per heavy atom. The molecule has 20 heavy (non-hydrogen) atoms. The summed E-state index contributed by atoms with van der Waals surface area (Å²) in [4.78, 5) is 16.1. The summed E-state index contributed by atoms with van der Waals surface area (Å²) in [6.45, 7) is 2.08. The summed E-state index contributed by atoms with van der Waals surface area (Å²) in [6.07, 6.45) is 0.340. The minimum Gasteiger partial charge on any atom is -0.494 e. The standard InChI is InChI=1S/C15H18N2O3/c1-3-20-15(18)12(16)9-11-8-7-10-5-4-6-13(19-2)14(10)17-11/h4-8,12H,3,9,16H2,1-2H3. The van der Waals surface area contributed by atoms with Crippen LogP contribution >= 0.6 is 0 Å². The molecule has 1 heterocycles. The lowest BCUT2D eigenvalue weighted by Gasteiger charge is -2.11. The van der Waals surface area contributed by atoms with Crippen molar-refractivity contribution >= 4 is 16.9 Å². The molecule has 106 valence electrons. The average molecular weight is 274 g/mol. The van der Waals surface area contributed by atoms with Gasteiger partial charge in [0, 0.05) is 17.5 Å². The van der Waals surface area contributed by atoms with Crippen LogP contribution in [0.4, 0.5) is 0 Å². The number of ether oxygens (including phenoxy) is 2. The molecule has 0 saturated heterocycles. The first kappa shape index (κ1) is 14.3. The second-order valence-corrected chi connectivity index (χ2v) is 4.40. The van der Waals surface area contributed by atoms with Crippen LogP contribution in [0.3, 0.4) is 0 Å². The van der Waals surface area contributed by atoms with E-state index in [-0.39, 0.29) is 0 Å². The number of hydrogen-bond acceptors (Lipinski definition) is 5. The zero-order valence-corrected chi connectivity index (χ0v) is 11.6. The van der Waals surface area contributed by atoms with Crippen LogP contribution in [-0.4, -0.2) is 30.7 Å². The third-order valence-electron chi connectivity index (χ3n) is 2.98. The fourth-order valence-corrected chi connectivity index (χ4v) is 2.00. The molecular weight excluding hydrogens is 256 g/mol. The fraction of sp³-hybridized carbons (Fsp3) is 0.333. The number of benzene rings is 1. The van der Waals surface area contributed by atoms with E-state index in [1.807, 2.05) is 30.3 Å². The van der Waals surface area contributed by atoms with Crippen molar-refractivity contribution in [2.75, 3.05) is 13.7 Å². The monoisotopic (exact) mass is 274 g/mol. The Bertz CT molecular complexity index is 613. The van der Waals surface area contributed by atoms with Crippen LogP contribution in [0.2, 0.25) is 0 Å². The van der Waals surface area contributed by atoms with Gasteiger partial charge in [0.1, 0.15) is 17.3 Å². The first-order chi connectivity index (χ1) is 9.65. The van der Waals surface area contributed by atoms with Gasteiger partial charge in [0.15, 0.2) is 0 Å². The molecule has 2 aromatic rings. The summed E-state index contributed by atoms with van der Waals surface area (Å²) in [5.74, 6) is 0.295. The average Bonchev–Trinajstić information content (AvgIpc) is 2.46. The number of rotatable bonds is 5. The van der Waals surface area contributed by atoms with Crippen LogP contribution in [0.15, 0.2) is 30.3 Å². The summed E-state index contributed by atoms with van der Waals surface area (Å²) < 4.78 is 10.2. The second kappa shape index (κ2) is 6.34. The number of carbonyl (C=O) groups excluding carboxylic acids is 1. The molecule has 1 unspecified atom stereocenters. The van der Waals surface area contributed by atoms with Gasteiger partial charge < -0.3 is 15.2 Å². The lowest BCUT2D eigenvalue weighted by atomic mass is 10.1. The summed E-state index contributed by atoms with van der Waals surface area (Å²) in [5.41, 5.74) is 7.31. The molecule has 0 amide bonds. The van der Waals surface area contributed by atoms with Crippen molar-refractivity contribution in [3.63, 3.8) is 0 Å². The Kier molecular flexibility index (Phi) is 4.53. The van der Waals surface area contributed by atoms with Gasteiger partial charge in [0.05, 0.1) is 13.7 Å². The number of fused-ring (bicyclic) bond motifs is 1. The van der Waals surface area contributed by atoms with E-state index in [2.05, 4.69) is 4.98 Å². The van der Waals surface area contributed by atoms with Crippen molar-refractivity contribution in [3.05, 3.63) is 36.0 Å². The Hall–Kier alpha value is -2.14. The molecule has 1 aromatic heterocycles. The molecule has 0 saturated carbocycles. The van der Waals surface area contributed by atoms with E-state index in [0.717, 1.165) is 16.6 Å². The molecule has 1 aromatic carbocycles. The van der Waals surface area contributed by atoms with Gasteiger partial charge in [-0.05, 0) is 19.1 Å². The van der Waals surface area contributed by atoms with Gasteiger partial charge >= 0.3 is 5.97 Å². The maximum Gasteiger partial charge on any atom is 0.323 e. The van der Waals surface area contributed by atoms with E-state index in [1.165, 1.54) is 0 Å². The second-order valence-electron chi connectivity index (χ2n) is 4.40. The maximum absolute atomic E-state index is 11.5. The number of carbonyl (C=O) groups is 1. The van der Waals surface area contributed by atoms with Crippen LogP contribution in [0.5, 0.6) is 5.75 Å². The molecule has 2 rings (SSSR count). The van der Waals surface area contributed by atoms with Crippen LogP contribution in [0, 0.1) is 0 Å². The largest absolute Gasteiger partial charge is 0.494 e. The number of para-hydroxylation sites is 1. The van der Waals surface area contributed by atoms with E-state index in [1.54, 1.807) is 14.0 Å². The summed E-state index contributed by atoms with van der Waals surface area (Å²) in [6, 6.07) is 8.82. The predicted molar refractivity (Wildman–Crippen MR) is 76.6 cm³/mol. The number of methoxy groups -OCH3 is 1. The molecule has 5 heteroatoms. The Morgan fingerprint density at radius 1 is 1.35 bits per heavy atom. The smallest absolute Gasteiger partial charge is 0.323 e. The van der Waals surface area contributed by atoms with E-state index in [9.17, 15) is 4.79 Å². The molecule has 5 nitrogen and oxygen atoms in total. The molecule has 0 aliphatic rings. The molecule has 0 aliphatic heterocycles. The zero-order valence-electron chi connectivity index (χ0n) is 11.6. The lowest BCUT2D eigenvalue weighted by molar-refractivity contribution is -0.144. The summed E-state index contributed by atoms with van der Waals surface area (Å²) in [7, 11) is 1.60. The highest BCUT2D eigenvalue weighted by Crippen LogP contribution is 2.23. The van der Waals surface area contributed by atoms with Crippen LogP contribution in [-0.2, 0) is 16.0 Å². The minimum atomic E-state index is -0.699. The predicted octanol–water partition coefficient (Wildman–Crippen LogP) is 1.68. The molecule has 0 radical (unpaired) electrons. The minimum absolute atomic E-state index is 0.325. The van der Waals surface area contributed by atoms with Crippen LogP contribution < -0.4 is 10.5 Å². The number of hydrogen-bond donors (Lipinski definition) is 1. The SMILES string of the molecule is CCOC(=O)C(N)Cc1ccc2cccc(OC)c2n1. The van der Waals surface area contributed by atoms with Crippen molar-refractivity contribution < 1.29 is 14.3 Å². The topological polar surface area (TPSA) is 74.4 Å². The molecule has 0 fully saturated rings. The van der Waals surface area contributed by atoms with Gasteiger partial charge in [0.25, 0.3) is 0 Å². The number of aromatic nitrogens is 1. The molecule has 0 bridgehead atoms.